The molecule has 0 saturated heterocycles. The van der Waals surface area contributed by atoms with Gasteiger partial charge in [-0.05, 0) is 12.0 Å². The molecule has 128 valence electrons. The van der Waals surface area contributed by atoms with E-state index in [9.17, 15) is 4.79 Å². The van der Waals surface area contributed by atoms with E-state index in [-0.39, 0.29) is 17.9 Å². The second-order valence-electron chi connectivity index (χ2n) is 6.28. The quantitative estimate of drug-likeness (QED) is 0.457. The first kappa shape index (κ1) is 18.1. The van der Waals surface area contributed by atoms with Crippen LogP contribution in [-0.2, 0) is 9.53 Å². The predicted octanol–water partition coefficient (Wildman–Crippen LogP) is 3.45. The van der Waals surface area contributed by atoms with Crippen molar-refractivity contribution in [2.45, 2.75) is 32.4 Å². The van der Waals surface area contributed by atoms with Gasteiger partial charge in [-0.25, -0.2) is 0 Å². The standard InChI is InChI=1S/C20H26N2O2/c1-5-17-13-18(23)11-12-22(17)20(16-9-7-6-8-10-16)21-19(14-24-4)15(2)3/h5-12,15,17,19H,1,13-14H2,2-4H3/t17-,19-/m1/s1. The molecule has 4 heteroatoms. The first-order valence-corrected chi connectivity index (χ1v) is 8.31. The van der Waals surface area contributed by atoms with Crippen molar-refractivity contribution in [2.24, 2.45) is 10.9 Å². The van der Waals surface area contributed by atoms with Crippen LogP contribution >= 0.6 is 0 Å². The van der Waals surface area contributed by atoms with Crippen LogP contribution in [-0.4, -0.2) is 42.3 Å². The first-order valence-electron chi connectivity index (χ1n) is 8.31. The number of carbonyl (C=O) groups excluding carboxylic acids is 1. The molecule has 24 heavy (non-hydrogen) atoms. The molecule has 0 radical (unpaired) electrons. The molecule has 0 fully saturated rings. The Labute approximate surface area is 144 Å². The summed E-state index contributed by atoms with van der Waals surface area (Å²) in [5, 5.41) is 0. The van der Waals surface area contributed by atoms with Crippen molar-refractivity contribution in [1.29, 1.82) is 0 Å². The van der Waals surface area contributed by atoms with E-state index in [0.29, 0.717) is 18.9 Å². The molecule has 2 rings (SSSR count). The zero-order chi connectivity index (χ0) is 17.5. The summed E-state index contributed by atoms with van der Waals surface area (Å²) in [6.07, 6.45) is 5.65. The maximum absolute atomic E-state index is 11.7. The lowest BCUT2D eigenvalue weighted by Gasteiger charge is -2.33. The van der Waals surface area contributed by atoms with Crippen LogP contribution in [0.5, 0.6) is 0 Å². The monoisotopic (exact) mass is 326 g/mol. The van der Waals surface area contributed by atoms with Gasteiger partial charge in [0.05, 0.1) is 18.7 Å². The van der Waals surface area contributed by atoms with E-state index in [1.807, 2.05) is 41.4 Å². The smallest absolute Gasteiger partial charge is 0.159 e. The summed E-state index contributed by atoms with van der Waals surface area (Å²) in [6, 6.07) is 10.00. The molecule has 0 saturated carbocycles. The summed E-state index contributed by atoms with van der Waals surface area (Å²) in [6.45, 7) is 8.72. The van der Waals surface area contributed by atoms with E-state index in [4.69, 9.17) is 9.73 Å². The normalized spacial score (nSPS) is 19.7. The van der Waals surface area contributed by atoms with Gasteiger partial charge in [-0.2, -0.15) is 0 Å². The van der Waals surface area contributed by atoms with Gasteiger partial charge in [0, 0.05) is 25.3 Å². The lowest BCUT2D eigenvalue weighted by atomic mass is 10.0. The van der Waals surface area contributed by atoms with Gasteiger partial charge < -0.3 is 9.64 Å². The number of benzene rings is 1. The molecule has 2 atom stereocenters. The third kappa shape index (κ3) is 4.42. The van der Waals surface area contributed by atoms with Crippen molar-refractivity contribution in [3.63, 3.8) is 0 Å². The van der Waals surface area contributed by atoms with Gasteiger partial charge in [0.1, 0.15) is 5.84 Å². The van der Waals surface area contributed by atoms with Gasteiger partial charge in [0.25, 0.3) is 0 Å². The highest BCUT2D eigenvalue weighted by atomic mass is 16.5. The van der Waals surface area contributed by atoms with Gasteiger partial charge in [0.15, 0.2) is 5.78 Å². The highest BCUT2D eigenvalue weighted by molar-refractivity contribution is 6.02. The number of carbonyl (C=O) groups is 1. The van der Waals surface area contributed by atoms with E-state index in [1.54, 1.807) is 19.3 Å². The average molecular weight is 326 g/mol. The number of methoxy groups -OCH3 is 1. The van der Waals surface area contributed by atoms with Gasteiger partial charge in [-0.15, -0.1) is 6.58 Å². The van der Waals surface area contributed by atoms with Crippen molar-refractivity contribution in [2.75, 3.05) is 13.7 Å². The van der Waals surface area contributed by atoms with E-state index in [0.717, 1.165) is 11.4 Å². The summed E-state index contributed by atoms with van der Waals surface area (Å²) < 4.78 is 5.34. The molecule has 0 N–H and O–H groups in total. The van der Waals surface area contributed by atoms with Gasteiger partial charge in [-0.3, -0.25) is 9.79 Å². The number of amidine groups is 1. The first-order chi connectivity index (χ1) is 11.6. The van der Waals surface area contributed by atoms with E-state index >= 15 is 0 Å². The number of ketones is 1. The highest BCUT2D eigenvalue weighted by Crippen LogP contribution is 2.20. The Morgan fingerprint density at radius 2 is 2.12 bits per heavy atom. The summed E-state index contributed by atoms with van der Waals surface area (Å²) in [5.74, 6) is 1.31. The number of ether oxygens (including phenoxy) is 1. The minimum absolute atomic E-state index is 0.0432. The number of hydrogen-bond donors (Lipinski definition) is 0. The number of allylic oxidation sites excluding steroid dienone is 1. The molecular formula is C20H26N2O2. The van der Waals surface area contributed by atoms with Gasteiger partial charge in [0.2, 0.25) is 0 Å². The molecule has 4 nitrogen and oxygen atoms in total. The molecular weight excluding hydrogens is 300 g/mol. The Hall–Kier alpha value is -2.20. The van der Waals surface area contributed by atoms with Crippen LogP contribution < -0.4 is 0 Å². The third-order valence-corrected chi connectivity index (χ3v) is 4.13. The van der Waals surface area contributed by atoms with Crippen LogP contribution in [0, 0.1) is 5.92 Å². The largest absolute Gasteiger partial charge is 0.382 e. The van der Waals surface area contributed by atoms with E-state index < -0.39 is 0 Å². The molecule has 0 aliphatic carbocycles. The minimum atomic E-state index is -0.0863. The van der Waals surface area contributed by atoms with Gasteiger partial charge >= 0.3 is 0 Å². The molecule has 1 aromatic rings. The topological polar surface area (TPSA) is 41.9 Å². The zero-order valence-corrected chi connectivity index (χ0v) is 14.7. The Kier molecular flexibility index (Phi) is 6.50. The summed E-state index contributed by atoms with van der Waals surface area (Å²) >= 11 is 0. The molecule has 0 aromatic heterocycles. The van der Waals surface area contributed by atoms with Crippen LogP contribution in [0.15, 0.2) is 60.3 Å². The van der Waals surface area contributed by atoms with Crippen LogP contribution in [0.1, 0.15) is 25.8 Å². The minimum Gasteiger partial charge on any atom is -0.382 e. The molecule has 1 aliphatic rings. The Morgan fingerprint density at radius 3 is 2.71 bits per heavy atom. The van der Waals surface area contributed by atoms with Crippen molar-refractivity contribution >= 4 is 11.6 Å². The number of hydrogen-bond acceptors (Lipinski definition) is 3. The maximum Gasteiger partial charge on any atom is 0.159 e. The second kappa shape index (κ2) is 8.60. The third-order valence-electron chi connectivity index (χ3n) is 4.13. The lowest BCUT2D eigenvalue weighted by molar-refractivity contribution is -0.115. The Bertz CT molecular complexity index is 620. The number of nitrogens with zero attached hydrogens (tertiary/aromatic N) is 2. The molecule has 1 aromatic carbocycles. The average Bonchev–Trinajstić information content (AvgIpc) is 2.59. The molecule has 0 amide bonds. The van der Waals surface area contributed by atoms with Gasteiger partial charge in [-0.1, -0.05) is 50.3 Å². The number of rotatable bonds is 6. The fourth-order valence-corrected chi connectivity index (χ4v) is 2.66. The zero-order valence-electron chi connectivity index (χ0n) is 14.7. The predicted molar refractivity (Wildman–Crippen MR) is 98.1 cm³/mol. The second-order valence-corrected chi connectivity index (χ2v) is 6.28. The van der Waals surface area contributed by atoms with Crippen molar-refractivity contribution in [1.82, 2.24) is 4.90 Å². The molecule has 0 bridgehead atoms. The molecule has 1 heterocycles. The SMILES string of the molecule is C=C[C@@H]1CC(=O)C=CN1C(=N[C@H](COC)C(C)C)c1ccccc1. The van der Waals surface area contributed by atoms with Crippen LogP contribution in [0.25, 0.3) is 0 Å². The van der Waals surface area contributed by atoms with E-state index in [1.165, 1.54) is 0 Å². The van der Waals surface area contributed by atoms with Crippen molar-refractivity contribution in [3.05, 3.63) is 60.8 Å². The number of aliphatic imine (C=N–C) groups is 1. The van der Waals surface area contributed by atoms with Crippen LogP contribution in [0.2, 0.25) is 0 Å². The summed E-state index contributed by atoms with van der Waals surface area (Å²) in [7, 11) is 1.69. The highest BCUT2D eigenvalue weighted by Gasteiger charge is 2.26. The molecule has 0 spiro atoms. The maximum atomic E-state index is 11.7. The van der Waals surface area contributed by atoms with Crippen molar-refractivity contribution in [3.8, 4) is 0 Å². The van der Waals surface area contributed by atoms with Crippen LogP contribution in [0.3, 0.4) is 0 Å². The van der Waals surface area contributed by atoms with E-state index in [2.05, 4.69) is 20.4 Å². The summed E-state index contributed by atoms with van der Waals surface area (Å²) in [4.78, 5) is 18.8. The van der Waals surface area contributed by atoms with Crippen molar-refractivity contribution < 1.29 is 9.53 Å². The Morgan fingerprint density at radius 1 is 1.42 bits per heavy atom. The Balaban J connectivity index is 2.48. The lowest BCUT2D eigenvalue weighted by Crippen LogP contribution is -2.40. The molecule has 0 unspecified atom stereocenters. The van der Waals surface area contributed by atoms with Crippen LogP contribution in [0.4, 0.5) is 0 Å². The fraction of sp³-hybridized carbons (Fsp3) is 0.400. The molecule has 1 aliphatic heterocycles. The fourth-order valence-electron chi connectivity index (χ4n) is 2.66. The summed E-state index contributed by atoms with van der Waals surface area (Å²) in [5.41, 5.74) is 1.02.